The lowest BCUT2D eigenvalue weighted by molar-refractivity contribution is 0.205. The van der Waals surface area contributed by atoms with E-state index in [4.69, 9.17) is 22.4 Å². The first kappa shape index (κ1) is 11.4. The molecular weight excluding hydrogens is 207 g/mol. The predicted octanol–water partition coefficient (Wildman–Crippen LogP) is 1.08. The molecule has 0 saturated heterocycles. The summed E-state index contributed by atoms with van der Waals surface area (Å²) in [7, 11) is 0. The molecule has 1 aromatic rings. The Bertz CT molecular complexity index is 329. The molecule has 0 fully saturated rings. The highest BCUT2D eigenvalue weighted by atomic mass is 35.5. The number of rotatable bonds is 3. The summed E-state index contributed by atoms with van der Waals surface area (Å²) in [5.41, 5.74) is 4.89. The zero-order chi connectivity index (χ0) is 10.8. The van der Waals surface area contributed by atoms with Gasteiger partial charge in [-0.1, -0.05) is 18.5 Å². The van der Waals surface area contributed by atoms with Gasteiger partial charge in [-0.25, -0.2) is 4.98 Å². The molecule has 0 aromatic carbocycles. The lowest BCUT2D eigenvalue weighted by Crippen LogP contribution is -2.36. The van der Waals surface area contributed by atoms with Crippen LogP contribution < -0.4 is 5.73 Å². The van der Waals surface area contributed by atoms with Crippen molar-refractivity contribution in [2.45, 2.75) is 12.3 Å². The zero-order valence-electron chi connectivity index (χ0n) is 7.80. The molecule has 1 heterocycles. The van der Waals surface area contributed by atoms with Crippen LogP contribution in [0, 0.1) is 5.95 Å². The van der Waals surface area contributed by atoms with Gasteiger partial charge in [-0.05, 0) is 6.07 Å². The van der Waals surface area contributed by atoms with Gasteiger partial charge in [-0.3, -0.25) is 0 Å². The summed E-state index contributed by atoms with van der Waals surface area (Å²) in [5, 5.41) is 9.46. The number of nitrogens with zero attached hydrogens (tertiary/aromatic N) is 1. The number of pyridine rings is 1. The maximum atomic E-state index is 13.3. The van der Waals surface area contributed by atoms with Crippen LogP contribution in [0.3, 0.4) is 0 Å². The molecule has 0 aliphatic heterocycles. The minimum absolute atomic E-state index is 0.127. The van der Waals surface area contributed by atoms with Crippen molar-refractivity contribution >= 4 is 11.6 Å². The van der Waals surface area contributed by atoms with Gasteiger partial charge < -0.3 is 10.8 Å². The van der Waals surface area contributed by atoms with Crippen LogP contribution in [0.25, 0.3) is 0 Å². The average molecular weight is 219 g/mol. The Morgan fingerprint density at radius 1 is 1.71 bits per heavy atom. The fraction of sp³-hybridized carbons (Fsp3) is 0.444. The van der Waals surface area contributed by atoms with E-state index in [0.717, 1.165) is 0 Å². The van der Waals surface area contributed by atoms with Gasteiger partial charge in [0.25, 0.3) is 0 Å². The van der Waals surface area contributed by atoms with Gasteiger partial charge in [-0.2, -0.15) is 4.39 Å². The van der Waals surface area contributed by atoms with Gasteiger partial charge in [-0.15, -0.1) is 0 Å². The lowest BCUT2D eigenvalue weighted by atomic mass is 9.84. The van der Waals surface area contributed by atoms with Gasteiger partial charge in [0.15, 0.2) is 0 Å². The average Bonchev–Trinajstić information content (AvgIpc) is 2.20. The molecule has 78 valence electrons. The van der Waals surface area contributed by atoms with Gasteiger partial charge in [0.05, 0.1) is 11.6 Å². The van der Waals surface area contributed by atoms with E-state index in [1.54, 1.807) is 6.92 Å². The standard InChI is InChI=1S/C9H12ClFN2O/c1-9(4-12,5-14)7-2-6(10)3-13-8(7)11/h2-3,14H,4-5,12H2,1H3. The van der Waals surface area contributed by atoms with Crippen molar-refractivity contribution in [1.29, 1.82) is 0 Å². The number of nitrogens with two attached hydrogens (primary N) is 1. The van der Waals surface area contributed by atoms with Crippen molar-refractivity contribution in [3.63, 3.8) is 0 Å². The molecular formula is C9H12ClFN2O. The minimum atomic E-state index is -0.831. The summed E-state index contributed by atoms with van der Waals surface area (Å²) in [6.45, 7) is 1.54. The summed E-state index contributed by atoms with van der Waals surface area (Å²) in [6.07, 6.45) is 1.22. The second-order valence-electron chi connectivity index (χ2n) is 3.41. The van der Waals surface area contributed by atoms with Crippen LogP contribution in [0.1, 0.15) is 12.5 Å². The van der Waals surface area contributed by atoms with Crippen molar-refractivity contribution in [2.75, 3.05) is 13.2 Å². The first-order valence-electron chi connectivity index (χ1n) is 4.16. The number of aliphatic hydroxyl groups excluding tert-OH is 1. The minimum Gasteiger partial charge on any atom is -0.395 e. The number of aromatic nitrogens is 1. The molecule has 0 bridgehead atoms. The van der Waals surface area contributed by atoms with Crippen molar-refractivity contribution in [3.05, 3.63) is 28.8 Å². The van der Waals surface area contributed by atoms with Gasteiger partial charge in [0, 0.05) is 23.7 Å². The largest absolute Gasteiger partial charge is 0.395 e. The Hall–Kier alpha value is -0.710. The fourth-order valence-electron chi connectivity index (χ4n) is 1.11. The Labute approximate surface area is 86.7 Å². The van der Waals surface area contributed by atoms with Crippen molar-refractivity contribution in [3.8, 4) is 0 Å². The maximum Gasteiger partial charge on any atom is 0.216 e. The molecule has 0 aliphatic carbocycles. The number of halogens is 2. The molecule has 14 heavy (non-hydrogen) atoms. The molecule has 3 N–H and O–H groups in total. The van der Waals surface area contributed by atoms with Crippen LogP contribution in [0.4, 0.5) is 4.39 Å². The molecule has 1 aromatic heterocycles. The van der Waals surface area contributed by atoms with E-state index in [-0.39, 0.29) is 18.7 Å². The second-order valence-corrected chi connectivity index (χ2v) is 3.85. The summed E-state index contributed by atoms with van der Waals surface area (Å²) in [5.74, 6) is -0.642. The fourth-order valence-corrected chi connectivity index (χ4v) is 1.26. The predicted molar refractivity (Wildman–Crippen MR) is 52.7 cm³/mol. The SMILES string of the molecule is CC(CN)(CO)c1cc(Cl)cnc1F. The molecule has 5 heteroatoms. The summed E-state index contributed by atoms with van der Waals surface area (Å²) >= 11 is 5.69. The molecule has 0 saturated carbocycles. The van der Waals surface area contributed by atoms with Crippen molar-refractivity contribution < 1.29 is 9.50 Å². The highest BCUT2D eigenvalue weighted by Crippen LogP contribution is 2.25. The third-order valence-corrected chi connectivity index (χ3v) is 2.46. The van der Waals surface area contributed by atoms with E-state index in [9.17, 15) is 4.39 Å². The van der Waals surface area contributed by atoms with E-state index in [1.165, 1.54) is 12.3 Å². The topological polar surface area (TPSA) is 59.1 Å². The molecule has 0 radical (unpaired) electrons. The number of aliphatic hydroxyl groups is 1. The molecule has 1 unspecified atom stereocenters. The number of hydrogen-bond acceptors (Lipinski definition) is 3. The molecule has 0 aliphatic rings. The third kappa shape index (κ3) is 2.03. The van der Waals surface area contributed by atoms with Gasteiger partial charge in [0.2, 0.25) is 5.95 Å². The van der Waals surface area contributed by atoms with E-state index >= 15 is 0 Å². The molecule has 0 spiro atoms. The van der Waals surface area contributed by atoms with Gasteiger partial charge >= 0.3 is 0 Å². The van der Waals surface area contributed by atoms with Crippen LogP contribution in [0.5, 0.6) is 0 Å². The molecule has 1 atom stereocenters. The summed E-state index contributed by atoms with van der Waals surface area (Å²) < 4.78 is 13.3. The van der Waals surface area contributed by atoms with Crippen LogP contribution in [-0.4, -0.2) is 23.2 Å². The van der Waals surface area contributed by atoms with Crippen LogP contribution in [-0.2, 0) is 5.41 Å². The highest BCUT2D eigenvalue weighted by molar-refractivity contribution is 6.30. The molecule has 3 nitrogen and oxygen atoms in total. The maximum absolute atomic E-state index is 13.3. The summed E-state index contributed by atoms with van der Waals surface area (Å²) in [4.78, 5) is 3.48. The third-order valence-electron chi connectivity index (χ3n) is 2.26. The van der Waals surface area contributed by atoms with Crippen molar-refractivity contribution in [2.24, 2.45) is 5.73 Å². The zero-order valence-corrected chi connectivity index (χ0v) is 8.55. The normalized spacial score (nSPS) is 15.2. The quantitative estimate of drug-likeness (QED) is 0.747. The smallest absolute Gasteiger partial charge is 0.216 e. The summed E-state index contributed by atoms with van der Waals surface area (Å²) in [6, 6.07) is 1.44. The van der Waals surface area contributed by atoms with Crippen LogP contribution in [0.2, 0.25) is 5.02 Å². The van der Waals surface area contributed by atoms with Crippen LogP contribution in [0.15, 0.2) is 12.3 Å². The lowest BCUT2D eigenvalue weighted by Gasteiger charge is -2.25. The van der Waals surface area contributed by atoms with Crippen LogP contribution >= 0.6 is 11.6 Å². The second kappa shape index (κ2) is 4.21. The first-order valence-corrected chi connectivity index (χ1v) is 4.54. The van der Waals surface area contributed by atoms with E-state index in [2.05, 4.69) is 4.98 Å². The Kier molecular flexibility index (Phi) is 3.42. The molecule has 1 rings (SSSR count). The first-order chi connectivity index (χ1) is 6.53. The molecule has 0 amide bonds. The van der Waals surface area contributed by atoms with Crippen molar-refractivity contribution in [1.82, 2.24) is 4.98 Å². The Balaban J connectivity index is 3.22. The monoisotopic (exact) mass is 218 g/mol. The number of hydrogen-bond donors (Lipinski definition) is 2. The van der Waals surface area contributed by atoms with E-state index < -0.39 is 11.4 Å². The highest BCUT2D eigenvalue weighted by Gasteiger charge is 2.28. The Morgan fingerprint density at radius 2 is 2.36 bits per heavy atom. The van der Waals surface area contributed by atoms with E-state index in [0.29, 0.717) is 5.02 Å². The van der Waals surface area contributed by atoms with E-state index in [1.807, 2.05) is 0 Å². The Morgan fingerprint density at radius 3 is 2.86 bits per heavy atom. The van der Waals surface area contributed by atoms with Gasteiger partial charge in [0.1, 0.15) is 0 Å².